The van der Waals surface area contributed by atoms with Crippen molar-refractivity contribution in [1.29, 1.82) is 0 Å². The molecule has 0 radical (unpaired) electrons. The van der Waals surface area contributed by atoms with Crippen LogP contribution in [0.5, 0.6) is 5.75 Å². The second-order valence-corrected chi connectivity index (χ2v) is 4.70. The molecule has 20 heavy (non-hydrogen) atoms. The maximum atomic E-state index is 12.1. The van der Waals surface area contributed by atoms with Crippen molar-refractivity contribution in [2.45, 2.75) is 20.4 Å². The van der Waals surface area contributed by atoms with E-state index in [1.54, 1.807) is 39.2 Å². The van der Waals surface area contributed by atoms with Gasteiger partial charge in [0.25, 0.3) is 11.1 Å². The summed E-state index contributed by atoms with van der Waals surface area (Å²) < 4.78 is 6.41. The molecule has 0 aliphatic rings. The van der Waals surface area contributed by atoms with Gasteiger partial charge in [-0.3, -0.25) is 14.7 Å². The van der Waals surface area contributed by atoms with E-state index in [2.05, 4.69) is 5.10 Å². The smallest absolute Gasteiger partial charge is 0.268 e. The third-order valence-corrected chi connectivity index (χ3v) is 3.27. The van der Waals surface area contributed by atoms with E-state index in [9.17, 15) is 9.59 Å². The van der Waals surface area contributed by atoms with Crippen LogP contribution in [0, 0.1) is 13.8 Å². The summed E-state index contributed by atoms with van der Waals surface area (Å²) in [5.41, 5.74) is 7.50. The fourth-order valence-electron chi connectivity index (χ4n) is 1.98. The zero-order valence-corrected chi connectivity index (χ0v) is 11.7. The summed E-state index contributed by atoms with van der Waals surface area (Å²) in [6.07, 6.45) is 0. The minimum absolute atomic E-state index is 0.219. The van der Waals surface area contributed by atoms with Crippen LogP contribution in [0.25, 0.3) is 0 Å². The van der Waals surface area contributed by atoms with Gasteiger partial charge in [-0.15, -0.1) is 0 Å². The van der Waals surface area contributed by atoms with Crippen LogP contribution in [0.1, 0.15) is 16.7 Å². The molecule has 6 heteroatoms. The van der Waals surface area contributed by atoms with Gasteiger partial charge in [0.2, 0.25) is 0 Å². The molecular formula is C14H17N3O3. The Morgan fingerprint density at radius 2 is 1.90 bits per heavy atom. The first kappa shape index (κ1) is 13.9. The SMILES string of the molecule is COc1cc(N)cc(Cn2[nH]c(=O)c(C)c(C)c2=O)c1. The van der Waals surface area contributed by atoms with Gasteiger partial charge in [-0.1, -0.05) is 0 Å². The van der Waals surface area contributed by atoms with Crippen molar-refractivity contribution >= 4 is 5.69 Å². The molecule has 1 heterocycles. The first-order valence-electron chi connectivity index (χ1n) is 6.16. The van der Waals surface area contributed by atoms with E-state index in [1.807, 2.05) is 0 Å². The van der Waals surface area contributed by atoms with Crippen LogP contribution in [-0.2, 0) is 6.54 Å². The van der Waals surface area contributed by atoms with Crippen molar-refractivity contribution in [3.63, 3.8) is 0 Å². The van der Waals surface area contributed by atoms with Crippen molar-refractivity contribution in [2.75, 3.05) is 12.8 Å². The third-order valence-electron chi connectivity index (χ3n) is 3.27. The zero-order chi connectivity index (χ0) is 14.9. The number of benzene rings is 1. The number of hydrogen-bond donors (Lipinski definition) is 2. The lowest BCUT2D eigenvalue weighted by Crippen LogP contribution is -2.33. The van der Waals surface area contributed by atoms with Crippen molar-refractivity contribution < 1.29 is 4.74 Å². The molecule has 1 aromatic heterocycles. The molecule has 0 atom stereocenters. The van der Waals surface area contributed by atoms with Gasteiger partial charge >= 0.3 is 0 Å². The van der Waals surface area contributed by atoms with Gasteiger partial charge in [0.05, 0.1) is 13.7 Å². The van der Waals surface area contributed by atoms with Crippen LogP contribution in [0.4, 0.5) is 5.69 Å². The van der Waals surface area contributed by atoms with Crippen LogP contribution in [-0.4, -0.2) is 16.9 Å². The third kappa shape index (κ3) is 2.59. The summed E-state index contributed by atoms with van der Waals surface area (Å²) in [5.74, 6) is 0.610. The average Bonchev–Trinajstić information content (AvgIpc) is 2.41. The number of hydrogen-bond acceptors (Lipinski definition) is 4. The lowest BCUT2D eigenvalue weighted by molar-refractivity contribution is 0.414. The van der Waals surface area contributed by atoms with Gasteiger partial charge < -0.3 is 10.5 Å². The zero-order valence-electron chi connectivity index (χ0n) is 11.7. The lowest BCUT2D eigenvalue weighted by atomic mass is 10.1. The Morgan fingerprint density at radius 3 is 2.55 bits per heavy atom. The summed E-state index contributed by atoms with van der Waals surface area (Å²) >= 11 is 0. The minimum Gasteiger partial charge on any atom is -0.497 e. The van der Waals surface area contributed by atoms with Gasteiger partial charge in [0, 0.05) is 22.9 Å². The molecule has 106 valence electrons. The Morgan fingerprint density at radius 1 is 1.20 bits per heavy atom. The fraction of sp³-hybridized carbons (Fsp3) is 0.286. The van der Waals surface area contributed by atoms with Crippen molar-refractivity contribution in [3.05, 3.63) is 55.6 Å². The molecule has 0 saturated heterocycles. The van der Waals surface area contributed by atoms with E-state index in [0.717, 1.165) is 5.56 Å². The second-order valence-electron chi connectivity index (χ2n) is 4.70. The summed E-state index contributed by atoms with van der Waals surface area (Å²) in [5, 5.41) is 2.56. The molecule has 2 aromatic rings. The second kappa shape index (κ2) is 5.24. The number of H-pyrrole nitrogens is 1. The number of nitrogen functional groups attached to an aromatic ring is 1. The van der Waals surface area contributed by atoms with E-state index >= 15 is 0 Å². The van der Waals surface area contributed by atoms with Gasteiger partial charge in [-0.25, -0.2) is 4.68 Å². The lowest BCUT2D eigenvalue weighted by Gasteiger charge is -2.10. The number of methoxy groups -OCH3 is 1. The van der Waals surface area contributed by atoms with Gasteiger partial charge in [-0.05, 0) is 31.5 Å². The number of nitrogens with zero attached hydrogens (tertiary/aromatic N) is 1. The molecular weight excluding hydrogens is 258 g/mol. The number of aromatic amines is 1. The Bertz CT molecular complexity index is 759. The van der Waals surface area contributed by atoms with Crippen molar-refractivity contribution in [1.82, 2.24) is 9.78 Å². The van der Waals surface area contributed by atoms with Gasteiger partial charge in [0.15, 0.2) is 0 Å². The molecule has 0 bridgehead atoms. The molecule has 0 aliphatic carbocycles. The standard InChI is InChI=1S/C14H17N3O3/c1-8-9(2)14(19)17(16-13(8)18)7-10-4-11(15)6-12(5-10)20-3/h4-6H,7,15H2,1-3H3,(H,16,18). The largest absolute Gasteiger partial charge is 0.497 e. The number of nitrogens with one attached hydrogen (secondary N) is 1. The molecule has 0 spiro atoms. The Kier molecular flexibility index (Phi) is 3.65. The van der Waals surface area contributed by atoms with Gasteiger partial charge in [0.1, 0.15) is 5.75 Å². The minimum atomic E-state index is -0.266. The van der Waals surface area contributed by atoms with Crippen LogP contribution in [0.3, 0.4) is 0 Å². The van der Waals surface area contributed by atoms with Crippen LogP contribution >= 0.6 is 0 Å². The fourth-order valence-corrected chi connectivity index (χ4v) is 1.98. The number of aromatic nitrogens is 2. The van der Waals surface area contributed by atoms with E-state index < -0.39 is 0 Å². The van der Waals surface area contributed by atoms with Crippen LogP contribution < -0.4 is 21.6 Å². The molecule has 2 rings (SSSR count). The van der Waals surface area contributed by atoms with E-state index in [4.69, 9.17) is 10.5 Å². The molecule has 3 N–H and O–H groups in total. The van der Waals surface area contributed by atoms with Crippen LogP contribution in [0.15, 0.2) is 27.8 Å². The first-order chi connectivity index (χ1) is 9.42. The highest BCUT2D eigenvalue weighted by Crippen LogP contribution is 2.18. The molecule has 1 aromatic carbocycles. The monoisotopic (exact) mass is 275 g/mol. The van der Waals surface area contributed by atoms with E-state index in [0.29, 0.717) is 22.6 Å². The number of anilines is 1. The molecule has 0 aliphatic heterocycles. The number of rotatable bonds is 3. The summed E-state index contributed by atoms with van der Waals surface area (Å²) in [6, 6.07) is 5.20. The van der Waals surface area contributed by atoms with Crippen molar-refractivity contribution in [2.24, 2.45) is 0 Å². The maximum Gasteiger partial charge on any atom is 0.268 e. The highest BCUT2D eigenvalue weighted by Gasteiger charge is 2.08. The van der Waals surface area contributed by atoms with E-state index in [1.165, 1.54) is 4.68 Å². The predicted octanol–water partition coefficient (Wildman–Crippen LogP) is 0.793. The number of nitrogens with two attached hydrogens (primary N) is 1. The summed E-state index contributed by atoms with van der Waals surface area (Å²) in [6.45, 7) is 3.50. The highest BCUT2D eigenvalue weighted by atomic mass is 16.5. The molecule has 0 unspecified atom stereocenters. The van der Waals surface area contributed by atoms with Gasteiger partial charge in [-0.2, -0.15) is 0 Å². The highest BCUT2D eigenvalue weighted by molar-refractivity contribution is 5.47. The summed E-state index contributed by atoms with van der Waals surface area (Å²) in [4.78, 5) is 23.8. The quantitative estimate of drug-likeness (QED) is 0.810. The number of ether oxygens (including phenoxy) is 1. The van der Waals surface area contributed by atoms with E-state index in [-0.39, 0.29) is 17.7 Å². The normalized spacial score (nSPS) is 10.6. The molecule has 0 saturated carbocycles. The molecule has 6 nitrogen and oxygen atoms in total. The van der Waals surface area contributed by atoms with Crippen LogP contribution in [0.2, 0.25) is 0 Å². The Hall–Kier alpha value is -2.50. The predicted molar refractivity (Wildman–Crippen MR) is 77.3 cm³/mol. The Balaban J connectivity index is 2.48. The topological polar surface area (TPSA) is 90.1 Å². The Labute approximate surface area is 115 Å². The average molecular weight is 275 g/mol. The molecule has 0 fully saturated rings. The summed E-state index contributed by atoms with van der Waals surface area (Å²) in [7, 11) is 1.54. The molecule has 0 amide bonds. The maximum absolute atomic E-state index is 12.1. The first-order valence-corrected chi connectivity index (χ1v) is 6.16. The van der Waals surface area contributed by atoms with Crippen molar-refractivity contribution in [3.8, 4) is 5.75 Å².